The summed E-state index contributed by atoms with van der Waals surface area (Å²) in [6.07, 6.45) is 2.31. The Bertz CT molecular complexity index is 559. The number of carboxylic acid groups (broad SMARTS) is 1. The second-order valence-corrected chi connectivity index (χ2v) is 5.71. The van der Waals surface area contributed by atoms with E-state index in [-0.39, 0.29) is 18.1 Å². The first-order valence-electron chi connectivity index (χ1n) is 7.42. The van der Waals surface area contributed by atoms with Gasteiger partial charge in [0, 0.05) is 25.9 Å². The average molecular weight is 306 g/mol. The lowest BCUT2D eigenvalue weighted by atomic mass is 9.99. The summed E-state index contributed by atoms with van der Waals surface area (Å²) in [4.78, 5) is 25.2. The summed E-state index contributed by atoms with van der Waals surface area (Å²) >= 11 is 0. The largest absolute Gasteiger partial charge is 0.478 e. The summed E-state index contributed by atoms with van der Waals surface area (Å²) in [6.45, 7) is 3.95. The zero-order valence-corrected chi connectivity index (χ0v) is 13.0. The first kappa shape index (κ1) is 16.3. The van der Waals surface area contributed by atoms with Gasteiger partial charge in [-0.1, -0.05) is 6.92 Å². The van der Waals surface area contributed by atoms with E-state index in [1.807, 2.05) is 6.07 Å². The van der Waals surface area contributed by atoms with Gasteiger partial charge in [-0.15, -0.1) is 0 Å². The Morgan fingerprint density at radius 1 is 1.45 bits per heavy atom. The highest BCUT2D eigenvalue weighted by molar-refractivity contribution is 6.01. The van der Waals surface area contributed by atoms with Crippen molar-refractivity contribution in [2.24, 2.45) is 5.92 Å². The highest BCUT2D eigenvalue weighted by atomic mass is 16.5. The van der Waals surface area contributed by atoms with Gasteiger partial charge >= 0.3 is 5.97 Å². The topological polar surface area (TPSA) is 78.9 Å². The number of carbonyl (C=O) groups excluding carboxylic acids is 1. The lowest BCUT2D eigenvalue weighted by Gasteiger charge is -2.33. The molecule has 1 fully saturated rings. The Labute approximate surface area is 130 Å². The van der Waals surface area contributed by atoms with Gasteiger partial charge in [-0.25, -0.2) is 4.79 Å². The van der Waals surface area contributed by atoms with Crippen molar-refractivity contribution in [3.05, 3.63) is 23.8 Å². The number of piperidine rings is 1. The molecule has 0 spiro atoms. The molecule has 0 radical (unpaired) electrons. The molecule has 1 atom stereocenters. The standard InChI is InChI=1S/C16H22N2O4/c1-11-4-3-7-18(9-11)12-5-6-14(13(8-12)16(20)21)17-15(19)10-22-2/h5-6,8,11H,3-4,7,9-10H2,1-2H3,(H,17,19)(H,20,21)/t11-/m0/s1. The molecule has 1 aromatic carbocycles. The van der Waals surface area contributed by atoms with Gasteiger partial charge < -0.3 is 20.1 Å². The SMILES string of the molecule is COCC(=O)Nc1ccc(N2CCC[C@H](C)C2)cc1C(=O)O. The molecule has 2 N–H and O–H groups in total. The number of benzene rings is 1. The molecular formula is C16H22N2O4. The van der Waals surface area contributed by atoms with Crippen molar-refractivity contribution in [3.63, 3.8) is 0 Å². The number of ether oxygens (including phenoxy) is 1. The minimum atomic E-state index is -1.06. The van der Waals surface area contributed by atoms with Crippen LogP contribution in [0.5, 0.6) is 0 Å². The monoisotopic (exact) mass is 306 g/mol. The number of carbonyl (C=O) groups is 2. The third-order valence-electron chi connectivity index (χ3n) is 3.81. The van der Waals surface area contributed by atoms with Crippen molar-refractivity contribution in [2.45, 2.75) is 19.8 Å². The minimum Gasteiger partial charge on any atom is -0.478 e. The van der Waals surface area contributed by atoms with Crippen LogP contribution in [0.3, 0.4) is 0 Å². The minimum absolute atomic E-state index is 0.0974. The number of methoxy groups -OCH3 is 1. The Hall–Kier alpha value is -2.08. The van der Waals surface area contributed by atoms with Crippen molar-refractivity contribution in [2.75, 3.05) is 37.0 Å². The van der Waals surface area contributed by atoms with Crippen LogP contribution < -0.4 is 10.2 Å². The van der Waals surface area contributed by atoms with E-state index in [0.29, 0.717) is 11.6 Å². The van der Waals surface area contributed by atoms with Crippen molar-refractivity contribution in [3.8, 4) is 0 Å². The van der Waals surface area contributed by atoms with E-state index in [1.165, 1.54) is 13.5 Å². The summed E-state index contributed by atoms with van der Waals surface area (Å²) in [5.74, 6) is -0.827. The molecule has 0 saturated carbocycles. The fourth-order valence-electron chi connectivity index (χ4n) is 2.76. The van der Waals surface area contributed by atoms with Crippen molar-refractivity contribution >= 4 is 23.3 Å². The number of hydrogen-bond acceptors (Lipinski definition) is 4. The fraction of sp³-hybridized carbons (Fsp3) is 0.500. The van der Waals surface area contributed by atoms with Crippen LogP contribution in [-0.2, 0) is 9.53 Å². The number of rotatable bonds is 5. The predicted octanol–water partition coefficient (Wildman–Crippen LogP) is 2.21. The van der Waals surface area contributed by atoms with Gasteiger partial charge in [0.05, 0.1) is 11.3 Å². The summed E-state index contributed by atoms with van der Waals surface area (Å²) in [7, 11) is 1.41. The first-order valence-corrected chi connectivity index (χ1v) is 7.42. The molecule has 0 aromatic heterocycles. The molecule has 1 aliphatic heterocycles. The maximum Gasteiger partial charge on any atom is 0.337 e. The molecule has 1 heterocycles. The molecule has 120 valence electrons. The Balaban J connectivity index is 2.23. The highest BCUT2D eigenvalue weighted by Gasteiger charge is 2.19. The number of amides is 1. The number of aromatic carboxylic acids is 1. The van der Waals surface area contributed by atoms with E-state index in [4.69, 9.17) is 4.74 Å². The Kier molecular flexibility index (Phi) is 5.38. The molecule has 1 amide bonds. The molecule has 6 heteroatoms. The van der Waals surface area contributed by atoms with Gasteiger partial charge in [-0.2, -0.15) is 0 Å². The van der Waals surface area contributed by atoms with Crippen molar-refractivity contribution in [1.82, 2.24) is 0 Å². The van der Waals surface area contributed by atoms with E-state index in [0.717, 1.165) is 25.2 Å². The summed E-state index contributed by atoms with van der Waals surface area (Å²) in [5, 5.41) is 12.0. The number of carboxylic acids is 1. The third kappa shape index (κ3) is 3.98. The zero-order chi connectivity index (χ0) is 16.1. The van der Waals surface area contributed by atoms with E-state index >= 15 is 0 Å². The van der Waals surface area contributed by atoms with Gasteiger partial charge in [0.15, 0.2) is 0 Å². The van der Waals surface area contributed by atoms with Crippen molar-refractivity contribution in [1.29, 1.82) is 0 Å². The third-order valence-corrected chi connectivity index (χ3v) is 3.81. The first-order chi connectivity index (χ1) is 10.5. The van der Waals surface area contributed by atoms with Gasteiger partial charge in [0.2, 0.25) is 5.91 Å². The summed E-state index contributed by atoms with van der Waals surface area (Å²) < 4.78 is 4.74. The molecule has 0 unspecified atom stereocenters. The maximum absolute atomic E-state index is 11.6. The summed E-state index contributed by atoms with van der Waals surface area (Å²) in [6, 6.07) is 5.13. The average Bonchev–Trinajstić information content (AvgIpc) is 2.47. The second-order valence-electron chi connectivity index (χ2n) is 5.71. The number of nitrogens with zero attached hydrogens (tertiary/aromatic N) is 1. The Morgan fingerprint density at radius 3 is 2.86 bits per heavy atom. The van der Waals surface area contributed by atoms with E-state index in [2.05, 4.69) is 17.1 Å². The number of anilines is 2. The predicted molar refractivity (Wildman–Crippen MR) is 84.5 cm³/mol. The van der Waals surface area contributed by atoms with Gasteiger partial charge in [0.1, 0.15) is 6.61 Å². The van der Waals surface area contributed by atoms with Crippen LogP contribution in [-0.4, -0.2) is 43.8 Å². The lowest BCUT2D eigenvalue weighted by molar-refractivity contribution is -0.119. The quantitative estimate of drug-likeness (QED) is 0.872. The molecule has 22 heavy (non-hydrogen) atoms. The molecule has 1 aliphatic rings. The summed E-state index contributed by atoms with van der Waals surface area (Å²) in [5.41, 5.74) is 1.28. The Morgan fingerprint density at radius 2 is 2.23 bits per heavy atom. The molecule has 0 aliphatic carbocycles. The van der Waals surface area contributed by atoms with Crippen LogP contribution in [0.1, 0.15) is 30.1 Å². The number of nitrogens with one attached hydrogen (secondary N) is 1. The lowest BCUT2D eigenvalue weighted by Crippen LogP contribution is -2.34. The van der Waals surface area contributed by atoms with Crippen LogP contribution in [0.2, 0.25) is 0 Å². The van der Waals surface area contributed by atoms with E-state index in [9.17, 15) is 14.7 Å². The van der Waals surface area contributed by atoms with Crippen LogP contribution >= 0.6 is 0 Å². The fourth-order valence-corrected chi connectivity index (χ4v) is 2.76. The van der Waals surface area contributed by atoms with Crippen molar-refractivity contribution < 1.29 is 19.4 Å². The van der Waals surface area contributed by atoms with E-state index < -0.39 is 5.97 Å². The molecule has 1 aromatic rings. The van der Waals surface area contributed by atoms with Gasteiger partial charge in [-0.05, 0) is 37.0 Å². The molecule has 2 rings (SSSR count). The zero-order valence-electron chi connectivity index (χ0n) is 13.0. The molecule has 0 bridgehead atoms. The molecule has 6 nitrogen and oxygen atoms in total. The van der Waals surface area contributed by atoms with Gasteiger partial charge in [0.25, 0.3) is 0 Å². The second kappa shape index (κ2) is 7.26. The van der Waals surface area contributed by atoms with Crippen LogP contribution in [0.25, 0.3) is 0 Å². The van der Waals surface area contributed by atoms with Crippen LogP contribution in [0.4, 0.5) is 11.4 Å². The van der Waals surface area contributed by atoms with Gasteiger partial charge in [-0.3, -0.25) is 4.79 Å². The van der Waals surface area contributed by atoms with Crippen LogP contribution in [0.15, 0.2) is 18.2 Å². The highest BCUT2D eigenvalue weighted by Crippen LogP contribution is 2.27. The maximum atomic E-state index is 11.6. The smallest absolute Gasteiger partial charge is 0.337 e. The molecule has 1 saturated heterocycles. The molecular weight excluding hydrogens is 284 g/mol. The van der Waals surface area contributed by atoms with E-state index in [1.54, 1.807) is 12.1 Å². The number of hydrogen-bond donors (Lipinski definition) is 2. The van der Waals surface area contributed by atoms with Crippen LogP contribution in [0, 0.1) is 5.92 Å². The normalized spacial score (nSPS) is 18.1.